The normalized spacial score (nSPS) is 19.3. The second-order valence-corrected chi connectivity index (χ2v) is 9.84. The fourth-order valence-electron chi connectivity index (χ4n) is 5.23. The lowest BCUT2D eigenvalue weighted by molar-refractivity contribution is 0.0195. The van der Waals surface area contributed by atoms with Gasteiger partial charge in [-0.1, -0.05) is 48.9 Å². The van der Waals surface area contributed by atoms with Crippen LogP contribution in [0.25, 0.3) is 22.2 Å². The quantitative estimate of drug-likeness (QED) is 0.450. The number of hydrogen-bond acceptors (Lipinski definition) is 4. The number of piperidine rings is 1. The highest BCUT2D eigenvalue weighted by Gasteiger charge is 2.34. The average Bonchev–Trinajstić information content (AvgIpc) is 3.11. The lowest BCUT2D eigenvalue weighted by Crippen LogP contribution is -2.45. The van der Waals surface area contributed by atoms with Gasteiger partial charge in [0, 0.05) is 18.2 Å². The standard InChI is InChI=1S/C26H32BrN3O2/c1-2-32-17-30-23(24(31)19-13-15-29(16-14-19)20-9-6-10-20)25(27)28-26(30)22-12-5-8-18-7-3-4-11-21(18)22/h3-5,7-8,11-12,19-20,24,31H,2,6,9-10,13-17H2,1H3. The maximum Gasteiger partial charge on any atom is 0.144 e. The minimum Gasteiger partial charge on any atom is -0.386 e. The Morgan fingerprint density at radius 1 is 1.09 bits per heavy atom. The van der Waals surface area contributed by atoms with Crippen LogP contribution in [-0.4, -0.2) is 45.3 Å². The van der Waals surface area contributed by atoms with Crippen LogP contribution < -0.4 is 0 Å². The van der Waals surface area contributed by atoms with Gasteiger partial charge in [0.2, 0.25) is 0 Å². The first kappa shape index (κ1) is 22.1. The van der Waals surface area contributed by atoms with E-state index in [2.05, 4.69) is 67.9 Å². The number of aliphatic hydroxyl groups excluding tert-OH is 1. The number of nitrogens with zero attached hydrogens (tertiary/aromatic N) is 3. The van der Waals surface area contributed by atoms with Crippen molar-refractivity contribution in [3.63, 3.8) is 0 Å². The monoisotopic (exact) mass is 497 g/mol. The predicted molar refractivity (Wildman–Crippen MR) is 131 cm³/mol. The summed E-state index contributed by atoms with van der Waals surface area (Å²) in [6.45, 7) is 5.15. The molecule has 32 heavy (non-hydrogen) atoms. The molecule has 0 radical (unpaired) electrons. The number of imidazole rings is 1. The van der Waals surface area contributed by atoms with Gasteiger partial charge in [0.25, 0.3) is 0 Å². The number of hydrogen-bond donors (Lipinski definition) is 1. The van der Waals surface area contributed by atoms with Crippen LogP contribution in [0.1, 0.15) is 50.8 Å². The Hall–Kier alpha value is -1.73. The molecule has 2 fully saturated rings. The van der Waals surface area contributed by atoms with Gasteiger partial charge in [0.1, 0.15) is 17.2 Å². The van der Waals surface area contributed by atoms with Crippen molar-refractivity contribution in [2.45, 2.75) is 57.9 Å². The zero-order valence-corrected chi connectivity index (χ0v) is 20.3. The molecule has 2 aliphatic rings. The Morgan fingerprint density at radius 2 is 1.84 bits per heavy atom. The SMILES string of the molecule is CCOCn1c(-c2cccc3ccccc23)nc(Br)c1C(O)C1CCN(C2CCC2)CC1. The molecule has 1 unspecified atom stereocenters. The molecule has 3 aromatic rings. The predicted octanol–water partition coefficient (Wildman–Crippen LogP) is 5.76. The molecule has 5 nitrogen and oxygen atoms in total. The van der Waals surface area contributed by atoms with E-state index in [1.54, 1.807) is 0 Å². The van der Waals surface area contributed by atoms with Gasteiger partial charge < -0.3 is 19.3 Å². The number of halogens is 1. The summed E-state index contributed by atoms with van der Waals surface area (Å²) < 4.78 is 8.62. The number of rotatable bonds is 7. The number of benzene rings is 2. The summed E-state index contributed by atoms with van der Waals surface area (Å²) in [5, 5.41) is 13.8. The summed E-state index contributed by atoms with van der Waals surface area (Å²) in [7, 11) is 0. The van der Waals surface area contributed by atoms with Gasteiger partial charge in [-0.15, -0.1) is 0 Å². The number of ether oxygens (including phenoxy) is 1. The van der Waals surface area contributed by atoms with Gasteiger partial charge in [-0.3, -0.25) is 0 Å². The fourth-order valence-corrected chi connectivity index (χ4v) is 5.85. The Morgan fingerprint density at radius 3 is 2.56 bits per heavy atom. The zero-order chi connectivity index (χ0) is 22.1. The molecule has 0 amide bonds. The van der Waals surface area contributed by atoms with Crippen LogP contribution >= 0.6 is 15.9 Å². The van der Waals surface area contributed by atoms with E-state index in [1.807, 2.05) is 6.92 Å². The van der Waals surface area contributed by atoms with E-state index in [0.29, 0.717) is 17.9 Å². The van der Waals surface area contributed by atoms with Gasteiger partial charge in [-0.2, -0.15) is 0 Å². The van der Waals surface area contributed by atoms with Gasteiger partial charge in [0.15, 0.2) is 0 Å². The summed E-state index contributed by atoms with van der Waals surface area (Å²) >= 11 is 3.69. The molecule has 1 aromatic heterocycles. The first-order valence-electron chi connectivity index (χ1n) is 11.9. The molecule has 0 spiro atoms. The molecule has 6 heteroatoms. The van der Waals surface area contributed by atoms with Crippen LogP contribution in [-0.2, 0) is 11.5 Å². The first-order chi connectivity index (χ1) is 15.7. The van der Waals surface area contributed by atoms with E-state index >= 15 is 0 Å². The Balaban J connectivity index is 1.48. The van der Waals surface area contributed by atoms with Crippen molar-refractivity contribution in [3.05, 3.63) is 52.8 Å². The third kappa shape index (κ3) is 4.14. The smallest absolute Gasteiger partial charge is 0.144 e. The number of likely N-dealkylation sites (tertiary alicyclic amines) is 1. The minimum absolute atomic E-state index is 0.236. The molecule has 2 aromatic carbocycles. The summed E-state index contributed by atoms with van der Waals surface area (Å²) in [4.78, 5) is 7.52. The molecule has 1 aliphatic heterocycles. The van der Waals surface area contributed by atoms with Crippen LogP contribution in [0.5, 0.6) is 0 Å². The van der Waals surface area contributed by atoms with E-state index in [-0.39, 0.29) is 5.92 Å². The Bertz CT molecular complexity index is 1060. The second kappa shape index (κ2) is 9.64. The van der Waals surface area contributed by atoms with E-state index in [9.17, 15) is 5.11 Å². The maximum atomic E-state index is 11.5. The van der Waals surface area contributed by atoms with Crippen molar-refractivity contribution in [2.24, 2.45) is 5.92 Å². The molecule has 1 saturated heterocycles. The molecule has 1 N–H and O–H groups in total. The van der Waals surface area contributed by atoms with Crippen molar-refractivity contribution in [2.75, 3.05) is 19.7 Å². The molecular formula is C26H32BrN3O2. The molecular weight excluding hydrogens is 466 g/mol. The maximum absolute atomic E-state index is 11.5. The van der Waals surface area contributed by atoms with E-state index in [0.717, 1.165) is 54.4 Å². The summed E-state index contributed by atoms with van der Waals surface area (Å²) in [6, 6.07) is 15.4. The topological polar surface area (TPSA) is 50.5 Å². The van der Waals surface area contributed by atoms with E-state index in [1.165, 1.54) is 24.6 Å². The molecule has 0 bridgehead atoms. The van der Waals surface area contributed by atoms with Crippen molar-refractivity contribution >= 4 is 26.7 Å². The van der Waals surface area contributed by atoms with Crippen molar-refractivity contribution < 1.29 is 9.84 Å². The van der Waals surface area contributed by atoms with Crippen LogP contribution in [0.15, 0.2) is 47.1 Å². The Labute approximate surface area is 198 Å². The van der Waals surface area contributed by atoms with Gasteiger partial charge in [-0.05, 0) is 78.3 Å². The van der Waals surface area contributed by atoms with Crippen molar-refractivity contribution in [1.29, 1.82) is 0 Å². The molecule has 170 valence electrons. The zero-order valence-electron chi connectivity index (χ0n) is 18.7. The van der Waals surface area contributed by atoms with Crippen molar-refractivity contribution in [1.82, 2.24) is 14.5 Å². The average molecular weight is 498 g/mol. The highest BCUT2D eigenvalue weighted by atomic mass is 79.9. The molecule has 1 saturated carbocycles. The molecule has 2 heterocycles. The molecule has 5 rings (SSSR count). The number of aliphatic hydroxyl groups is 1. The van der Waals surface area contributed by atoms with Crippen LogP contribution in [0.4, 0.5) is 0 Å². The van der Waals surface area contributed by atoms with E-state index in [4.69, 9.17) is 9.72 Å². The number of fused-ring (bicyclic) bond motifs is 1. The molecule has 1 atom stereocenters. The summed E-state index contributed by atoms with van der Waals surface area (Å²) in [6.07, 6.45) is 5.53. The van der Waals surface area contributed by atoms with E-state index < -0.39 is 6.10 Å². The third-order valence-electron chi connectivity index (χ3n) is 7.31. The highest BCUT2D eigenvalue weighted by Crippen LogP contribution is 2.39. The largest absolute Gasteiger partial charge is 0.386 e. The minimum atomic E-state index is -0.565. The lowest BCUT2D eigenvalue weighted by atomic mass is 9.85. The summed E-state index contributed by atoms with van der Waals surface area (Å²) in [5.41, 5.74) is 1.89. The van der Waals surface area contributed by atoms with Gasteiger partial charge >= 0.3 is 0 Å². The third-order valence-corrected chi connectivity index (χ3v) is 7.89. The van der Waals surface area contributed by atoms with Gasteiger partial charge in [-0.25, -0.2) is 4.98 Å². The fraction of sp³-hybridized carbons (Fsp3) is 0.500. The van der Waals surface area contributed by atoms with Crippen LogP contribution in [0.2, 0.25) is 0 Å². The molecule has 1 aliphatic carbocycles. The second-order valence-electron chi connectivity index (χ2n) is 9.09. The van der Waals surface area contributed by atoms with Crippen molar-refractivity contribution in [3.8, 4) is 11.4 Å². The summed E-state index contributed by atoms with van der Waals surface area (Å²) in [5.74, 6) is 1.07. The van der Waals surface area contributed by atoms with Crippen LogP contribution in [0.3, 0.4) is 0 Å². The first-order valence-corrected chi connectivity index (χ1v) is 12.7. The van der Waals surface area contributed by atoms with Crippen LogP contribution in [0, 0.1) is 5.92 Å². The van der Waals surface area contributed by atoms with Gasteiger partial charge in [0.05, 0.1) is 11.8 Å². The highest BCUT2D eigenvalue weighted by molar-refractivity contribution is 9.10. The lowest BCUT2D eigenvalue weighted by Gasteiger charge is -2.42. The number of aromatic nitrogens is 2. The Kier molecular flexibility index (Phi) is 6.65.